The number of nitrogens with zero attached hydrogens (tertiary/aromatic N) is 3. The summed E-state index contributed by atoms with van der Waals surface area (Å²) in [5.41, 5.74) is 0. The van der Waals surface area contributed by atoms with Crippen molar-refractivity contribution in [2.24, 2.45) is 0 Å². The minimum atomic E-state index is -0.0742. The van der Waals surface area contributed by atoms with Crippen molar-refractivity contribution >= 4 is 11.9 Å². The highest BCUT2D eigenvalue weighted by atomic mass is 16.5. The van der Waals surface area contributed by atoms with E-state index in [0.29, 0.717) is 37.7 Å². The zero-order chi connectivity index (χ0) is 14.8. The highest BCUT2D eigenvalue weighted by Crippen LogP contribution is 2.11. The van der Waals surface area contributed by atoms with Gasteiger partial charge in [-0.05, 0) is 13.8 Å². The van der Waals surface area contributed by atoms with Crippen LogP contribution in [0.2, 0.25) is 0 Å². The number of methoxy groups -OCH3 is 2. The van der Waals surface area contributed by atoms with Crippen LogP contribution in [0, 0.1) is 0 Å². The zero-order valence-electron chi connectivity index (χ0n) is 12.5. The standard InChI is InChI=1S/C12H23N5O3/c1-5-13-10-15-11(17-12(16-10)20-6-2)14-7-9(19-4)8-18-3/h9H,5-8H2,1-4H3,(H2,13,14,15,16,17). The maximum Gasteiger partial charge on any atom is 0.323 e. The van der Waals surface area contributed by atoms with Gasteiger partial charge in [-0.1, -0.05) is 0 Å². The molecule has 8 nitrogen and oxygen atoms in total. The van der Waals surface area contributed by atoms with E-state index in [9.17, 15) is 0 Å². The van der Waals surface area contributed by atoms with Crippen molar-refractivity contribution in [1.29, 1.82) is 0 Å². The van der Waals surface area contributed by atoms with Crippen LogP contribution in [0.5, 0.6) is 6.01 Å². The molecule has 0 spiro atoms. The van der Waals surface area contributed by atoms with Crippen molar-refractivity contribution in [1.82, 2.24) is 15.0 Å². The minimum Gasteiger partial charge on any atom is -0.464 e. The number of hydrogen-bond acceptors (Lipinski definition) is 8. The summed E-state index contributed by atoms with van der Waals surface area (Å²) in [4.78, 5) is 12.6. The lowest BCUT2D eigenvalue weighted by Gasteiger charge is -2.15. The van der Waals surface area contributed by atoms with Gasteiger partial charge in [-0.15, -0.1) is 0 Å². The molecule has 0 aliphatic carbocycles. The molecule has 8 heteroatoms. The van der Waals surface area contributed by atoms with Gasteiger partial charge in [0, 0.05) is 27.3 Å². The van der Waals surface area contributed by atoms with Gasteiger partial charge in [0.15, 0.2) is 0 Å². The molecule has 0 saturated heterocycles. The Balaban J connectivity index is 2.71. The molecule has 1 rings (SSSR count). The minimum absolute atomic E-state index is 0.0742. The fourth-order valence-electron chi connectivity index (χ4n) is 1.47. The molecule has 0 bridgehead atoms. The van der Waals surface area contributed by atoms with Gasteiger partial charge in [0.05, 0.1) is 19.3 Å². The van der Waals surface area contributed by atoms with Gasteiger partial charge in [0.1, 0.15) is 0 Å². The molecular weight excluding hydrogens is 262 g/mol. The third kappa shape index (κ3) is 5.54. The second-order valence-corrected chi connectivity index (χ2v) is 3.92. The Morgan fingerprint density at radius 3 is 2.30 bits per heavy atom. The molecule has 0 saturated carbocycles. The van der Waals surface area contributed by atoms with Gasteiger partial charge in [-0.3, -0.25) is 0 Å². The molecule has 0 aliphatic heterocycles. The van der Waals surface area contributed by atoms with E-state index in [1.165, 1.54) is 0 Å². The molecule has 0 aromatic carbocycles. The molecule has 0 radical (unpaired) electrons. The summed E-state index contributed by atoms with van der Waals surface area (Å²) >= 11 is 0. The molecule has 1 heterocycles. The normalized spacial score (nSPS) is 12.0. The van der Waals surface area contributed by atoms with Crippen LogP contribution in [-0.2, 0) is 9.47 Å². The summed E-state index contributed by atoms with van der Waals surface area (Å²) in [6.07, 6.45) is -0.0742. The van der Waals surface area contributed by atoms with E-state index in [1.807, 2.05) is 13.8 Å². The number of anilines is 2. The Labute approximate surface area is 119 Å². The molecule has 0 amide bonds. The molecule has 1 atom stereocenters. The van der Waals surface area contributed by atoms with Crippen LogP contribution < -0.4 is 15.4 Å². The van der Waals surface area contributed by atoms with E-state index in [1.54, 1.807) is 14.2 Å². The van der Waals surface area contributed by atoms with Crippen LogP contribution in [0.15, 0.2) is 0 Å². The van der Waals surface area contributed by atoms with Crippen LogP contribution in [-0.4, -0.2) is 61.6 Å². The lowest BCUT2D eigenvalue weighted by molar-refractivity contribution is 0.0364. The van der Waals surface area contributed by atoms with Crippen LogP contribution in [0.25, 0.3) is 0 Å². The molecule has 20 heavy (non-hydrogen) atoms. The molecule has 1 aromatic heterocycles. The van der Waals surface area contributed by atoms with E-state index < -0.39 is 0 Å². The fourth-order valence-corrected chi connectivity index (χ4v) is 1.47. The number of aromatic nitrogens is 3. The Hall–Kier alpha value is -1.67. The number of nitrogens with one attached hydrogen (secondary N) is 2. The Kier molecular flexibility index (Phi) is 7.59. The molecule has 0 aliphatic rings. The largest absolute Gasteiger partial charge is 0.464 e. The zero-order valence-corrected chi connectivity index (χ0v) is 12.5. The average Bonchev–Trinajstić information content (AvgIpc) is 2.44. The number of ether oxygens (including phenoxy) is 3. The van der Waals surface area contributed by atoms with Crippen molar-refractivity contribution in [3.05, 3.63) is 0 Å². The second-order valence-electron chi connectivity index (χ2n) is 3.92. The Morgan fingerprint density at radius 2 is 1.75 bits per heavy atom. The first-order valence-electron chi connectivity index (χ1n) is 6.61. The summed E-state index contributed by atoms with van der Waals surface area (Å²) in [7, 11) is 3.26. The van der Waals surface area contributed by atoms with E-state index in [2.05, 4.69) is 25.6 Å². The van der Waals surface area contributed by atoms with Gasteiger partial charge in [-0.25, -0.2) is 0 Å². The molecule has 2 N–H and O–H groups in total. The topological polar surface area (TPSA) is 90.4 Å². The smallest absolute Gasteiger partial charge is 0.323 e. The predicted octanol–water partition coefficient (Wildman–Crippen LogP) is 0.775. The van der Waals surface area contributed by atoms with Crippen LogP contribution in [0.1, 0.15) is 13.8 Å². The number of hydrogen-bond donors (Lipinski definition) is 2. The predicted molar refractivity (Wildman–Crippen MR) is 76.3 cm³/mol. The Bertz CT molecular complexity index is 367. The van der Waals surface area contributed by atoms with Crippen molar-refractivity contribution < 1.29 is 14.2 Å². The maximum absolute atomic E-state index is 5.32. The monoisotopic (exact) mass is 285 g/mol. The molecule has 114 valence electrons. The van der Waals surface area contributed by atoms with E-state index in [-0.39, 0.29) is 6.10 Å². The lowest BCUT2D eigenvalue weighted by atomic mass is 10.4. The summed E-state index contributed by atoms with van der Waals surface area (Å²) < 4.78 is 15.6. The first-order chi connectivity index (χ1) is 9.73. The quantitative estimate of drug-likeness (QED) is 0.651. The molecule has 1 unspecified atom stereocenters. The highest BCUT2D eigenvalue weighted by Gasteiger charge is 2.10. The Morgan fingerprint density at radius 1 is 1.05 bits per heavy atom. The van der Waals surface area contributed by atoms with Gasteiger partial charge < -0.3 is 24.8 Å². The van der Waals surface area contributed by atoms with Crippen molar-refractivity contribution in [3.8, 4) is 6.01 Å². The SMILES string of the molecule is CCNc1nc(NCC(COC)OC)nc(OCC)n1. The van der Waals surface area contributed by atoms with E-state index in [4.69, 9.17) is 14.2 Å². The van der Waals surface area contributed by atoms with Gasteiger partial charge in [0.2, 0.25) is 11.9 Å². The van der Waals surface area contributed by atoms with Gasteiger partial charge in [0.25, 0.3) is 0 Å². The summed E-state index contributed by atoms with van der Waals surface area (Å²) in [6.45, 7) is 6.09. The summed E-state index contributed by atoms with van der Waals surface area (Å²) in [6, 6.07) is 0.293. The molecule has 1 aromatic rings. The summed E-state index contributed by atoms with van der Waals surface area (Å²) in [5, 5.41) is 6.13. The third-order valence-electron chi connectivity index (χ3n) is 2.40. The van der Waals surface area contributed by atoms with Crippen LogP contribution >= 0.6 is 0 Å². The van der Waals surface area contributed by atoms with Crippen LogP contribution in [0.3, 0.4) is 0 Å². The van der Waals surface area contributed by atoms with Crippen LogP contribution in [0.4, 0.5) is 11.9 Å². The van der Waals surface area contributed by atoms with Crippen molar-refractivity contribution in [2.75, 3.05) is 51.2 Å². The second kappa shape index (κ2) is 9.27. The number of rotatable bonds is 10. The van der Waals surface area contributed by atoms with Crippen molar-refractivity contribution in [2.45, 2.75) is 20.0 Å². The maximum atomic E-state index is 5.32. The van der Waals surface area contributed by atoms with Gasteiger partial charge >= 0.3 is 6.01 Å². The average molecular weight is 285 g/mol. The molecular formula is C12H23N5O3. The third-order valence-corrected chi connectivity index (χ3v) is 2.40. The van der Waals surface area contributed by atoms with Gasteiger partial charge in [-0.2, -0.15) is 15.0 Å². The van der Waals surface area contributed by atoms with E-state index in [0.717, 1.165) is 6.54 Å². The first-order valence-corrected chi connectivity index (χ1v) is 6.61. The van der Waals surface area contributed by atoms with Crippen molar-refractivity contribution in [3.63, 3.8) is 0 Å². The van der Waals surface area contributed by atoms with E-state index >= 15 is 0 Å². The first kappa shape index (κ1) is 16.4. The highest BCUT2D eigenvalue weighted by molar-refractivity contribution is 5.35. The molecule has 0 fully saturated rings. The summed E-state index contributed by atoms with van der Waals surface area (Å²) in [5.74, 6) is 0.923. The lowest BCUT2D eigenvalue weighted by Crippen LogP contribution is -2.27. The fraction of sp³-hybridized carbons (Fsp3) is 0.750.